The summed E-state index contributed by atoms with van der Waals surface area (Å²) in [6, 6.07) is 7.17. The molecule has 0 aliphatic carbocycles. The van der Waals surface area contributed by atoms with Crippen LogP contribution in [0.25, 0.3) is 0 Å². The molecule has 1 aromatic carbocycles. The molecule has 8 heteroatoms. The van der Waals surface area contributed by atoms with Gasteiger partial charge in [-0.3, -0.25) is 0 Å². The summed E-state index contributed by atoms with van der Waals surface area (Å²) in [4.78, 5) is 0. The van der Waals surface area contributed by atoms with Crippen molar-refractivity contribution in [2.75, 3.05) is 18.4 Å². The molecule has 19 heavy (non-hydrogen) atoms. The van der Waals surface area contributed by atoms with Gasteiger partial charge in [0, 0.05) is 26.4 Å². The second-order valence-corrected chi connectivity index (χ2v) is 9.01. The van der Waals surface area contributed by atoms with Crippen LogP contribution in [0.5, 0.6) is 0 Å². The van der Waals surface area contributed by atoms with Crippen molar-refractivity contribution in [1.82, 2.24) is 4.31 Å². The van der Waals surface area contributed by atoms with Crippen LogP contribution >= 0.6 is 0 Å². The first-order valence-electron chi connectivity index (χ1n) is 5.54. The summed E-state index contributed by atoms with van der Waals surface area (Å²) in [5.74, 6) is 0. The van der Waals surface area contributed by atoms with E-state index in [4.69, 9.17) is 5.73 Å². The summed E-state index contributed by atoms with van der Waals surface area (Å²) in [6.07, 6.45) is 0.897. The number of nitrogens with zero attached hydrogens (tertiary/aromatic N) is 1. The average molecular weight is 306 g/mol. The summed E-state index contributed by atoms with van der Waals surface area (Å²) in [5, 5.41) is -0.878. The van der Waals surface area contributed by atoms with E-state index in [9.17, 15) is 16.8 Å². The van der Waals surface area contributed by atoms with E-state index in [1.54, 1.807) is 12.1 Å². The monoisotopic (exact) mass is 306 g/mol. The Kier molecular flexibility index (Phi) is 5.08. The highest BCUT2D eigenvalue weighted by molar-refractivity contribution is 8.06. The summed E-state index contributed by atoms with van der Waals surface area (Å²) < 4.78 is 46.8. The quantitative estimate of drug-likeness (QED) is 0.792. The van der Waals surface area contributed by atoms with Gasteiger partial charge in [-0.15, -0.1) is 0 Å². The van der Waals surface area contributed by atoms with Crippen LogP contribution < -0.4 is 5.73 Å². The molecule has 0 saturated heterocycles. The van der Waals surface area contributed by atoms with Crippen LogP contribution in [0.4, 0.5) is 0 Å². The number of sulfonamides is 1. The predicted octanol–water partition coefficient (Wildman–Crippen LogP) is -0.0910. The van der Waals surface area contributed by atoms with Crippen molar-refractivity contribution < 1.29 is 16.8 Å². The van der Waals surface area contributed by atoms with Gasteiger partial charge in [0.05, 0.1) is 0 Å². The molecule has 1 rings (SSSR count). The Morgan fingerprint density at radius 1 is 1.05 bits per heavy atom. The van der Waals surface area contributed by atoms with Gasteiger partial charge < -0.3 is 5.73 Å². The van der Waals surface area contributed by atoms with Gasteiger partial charge >= 0.3 is 0 Å². The lowest BCUT2D eigenvalue weighted by molar-refractivity contribution is 0.470. The van der Waals surface area contributed by atoms with Gasteiger partial charge in [-0.25, -0.2) is 16.8 Å². The van der Waals surface area contributed by atoms with Crippen molar-refractivity contribution >= 4 is 19.9 Å². The third kappa shape index (κ3) is 5.27. The lowest BCUT2D eigenvalue weighted by atomic mass is 10.1. The zero-order valence-corrected chi connectivity index (χ0v) is 12.5. The number of rotatable bonds is 6. The molecule has 0 unspecified atom stereocenters. The van der Waals surface area contributed by atoms with Gasteiger partial charge in [-0.2, -0.15) is 4.31 Å². The standard InChI is InChI=1S/C11H18N2O4S2/c1-13(19(16,17)9-18(2,14)15)8-11-5-3-10(7-12)4-6-11/h3-6H,7-9,12H2,1-2H3. The Balaban J connectivity index is 2.81. The van der Waals surface area contributed by atoms with Gasteiger partial charge in [0.25, 0.3) is 0 Å². The van der Waals surface area contributed by atoms with E-state index < -0.39 is 24.9 Å². The number of hydrogen-bond donors (Lipinski definition) is 1. The van der Waals surface area contributed by atoms with E-state index in [1.165, 1.54) is 7.05 Å². The van der Waals surface area contributed by atoms with E-state index in [1.807, 2.05) is 12.1 Å². The van der Waals surface area contributed by atoms with E-state index in [0.717, 1.165) is 21.7 Å². The number of benzene rings is 1. The molecule has 0 aliphatic heterocycles. The van der Waals surface area contributed by atoms with Gasteiger partial charge in [-0.1, -0.05) is 24.3 Å². The van der Waals surface area contributed by atoms with Crippen LogP contribution in [0, 0.1) is 0 Å². The largest absolute Gasteiger partial charge is 0.326 e. The van der Waals surface area contributed by atoms with Gasteiger partial charge in [-0.05, 0) is 11.1 Å². The van der Waals surface area contributed by atoms with Crippen molar-refractivity contribution in [2.45, 2.75) is 13.1 Å². The van der Waals surface area contributed by atoms with Gasteiger partial charge in [0.1, 0.15) is 0 Å². The highest BCUT2D eigenvalue weighted by Crippen LogP contribution is 2.10. The van der Waals surface area contributed by atoms with E-state index in [-0.39, 0.29) is 6.54 Å². The summed E-state index contributed by atoms with van der Waals surface area (Å²) >= 11 is 0. The zero-order valence-electron chi connectivity index (χ0n) is 10.9. The molecule has 0 saturated carbocycles. The minimum Gasteiger partial charge on any atom is -0.326 e. The highest BCUT2D eigenvalue weighted by Gasteiger charge is 2.23. The van der Waals surface area contributed by atoms with Crippen molar-refractivity contribution in [3.8, 4) is 0 Å². The Hall–Kier alpha value is -0.960. The Bertz CT molecular complexity index is 621. The SMILES string of the molecule is CN(Cc1ccc(CN)cc1)S(=O)(=O)CS(C)(=O)=O. The molecule has 0 heterocycles. The van der Waals surface area contributed by atoms with Crippen LogP contribution in [-0.4, -0.2) is 39.5 Å². The molecular formula is C11H18N2O4S2. The smallest absolute Gasteiger partial charge is 0.228 e. The maximum atomic E-state index is 11.8. The Morgan fingerprint density at radius 3 is 1.95 bits per heavy atom. The Morgan fingerprint density at radius 2 is 1.53 bits per heavy atom. The first-order valence-corrected chi connectivity index (χ1v) is 9.20. The fraction of sp³-hybridized carbons (Fsp3) is 0.455. The third-order valence-electron chi connectivity index (χ3n) is 2.50. The van der Waals surface area contributed by atoms with Crippen LogP contribution in [-0.2, 0) is 33.0 Å². The molecule has 0 spiro atoms. The number of sulfone groups is 1. The highest BCUT2D eigenvalue weighted by atomic mass is 32.3. The second-order valence-electron chi connectivity index (χ2n) is 4.43. The van der Waals surface area contributed by atoms with Crippen LogP contribution in [0.1, 0.15) is 11.1 Å². The van der Waals surface area contributed by atoms with Gasteiger partial charge in [0.2, 0.25) is 10.0 Å². The van der Waals surface area contributed by atoms with E-state index in [0.29, 0.717) is 6.54 Å². The minimum absolute atomic E-state index is 0.128. The van der Waals surface area contributed by atoms with Crippen LogP contribution in [0.2, 0.25) is 0 Å². The Labute approximate surface area is 114 Å². The fourth-order valence-corrected chi connectivity index (χ4v) is 4.73. The van der Waals surface area contributed by atoms with Gasteiger partial charge in [0.15, 0.2) is 14.9 Å². The fourth-order valence-electron chi connectivity index (χ4n) is 1.50. The normalized spacial score (nSPS) is 12.8. The molecule has 0 atom stereocenters. The first-order chi connectivity index (χ1) is 8.64. The molecule has 6 nitrogen and oxygen atoms in total. The van der Waals surface area contributed by atoms with Crippen molar-refractivity contribution in [3.63, 3.8) is 0 Å². The molecule has 0 radical (unpaired) electrons. The van der Waals surface area contributed by atoms with Crippen LogP contribution in [0.15, 0.2) is 24.3 Å². The predicted molar refractivity (Wildman–Crippen MR) is 74.4 cm³/mol. The van der Waals surface area contributed by atoms with Crippen LogP contribution in [0.3, 0.4) is 0 Å². The number of hydrogen-bond acceptors (Lipinski definition) is 5. The molecule has 0 fully saturated rings. The molecule has 0 bridgehead atoms. The molecule has 2 N–H and O–H groups in total. The molecule has 0 amide bonds. The average Bonchev–Trinajstić information content (AvgIpc) is 2.26. The maximum absolute atomic E-state index is 11.8. The zero-order chi connectivity index (χ0) is 14.7. The first kappa shape index (κ1) is 16.1. The molecule has 1 aromatic rings. The van der Waals surface area contributed by atoms with Crippen molar-refractivity contribution in [3.05, 3.63) is 35.4 Å². The second kappa shape index (κ2) is 6.00. The van der Waals surface area contributed by atoms with E-state index in [2.05, 4.69) is 0 Å². The lowest BCUT2D eigenvalue weighted by Crippen LogP contribution is -2.31. The summed E-state index contributed by atoms with van der Waals surface area (Å²) in [7, 11) is -6.03. The maximum Gasteiger partial charge on any atom is 0.228 e. The van der Waals surface area contributed by atoms with Crippen molar-refractivity contribution in [2.24, 2.45) is 5.73 Å². The third-order valence-corrected chi connectivity index (χ3v) is 6.48. The van der Waals surface area contributed by atoms with Crippen molar-refractivity contribution in [1.29, 1.82) is 0 Å². The summed E-state index contributed by atoms with van der Waals surface area (Å²) in [6.45, 7) is 0.547. The molecule has 0 aliphatic rings. The van der Waals surface area contributed by atoms with E-state index >= 15 is 0 Å². The molecule has 108 valence electrons. The lowest BCUT2D eigenvalue weighted by Gasteiger charge is -2.16. The summed E-state index contributed by atoms with van der Waals surface area (Å²) in [5.41, 5.74) is 7.19. The number of nitrogens with two attached hydrogens (primary N) is 1. The molecular weight excluding hydrogens is 288 g/mol. The minimum atomic E-state index is -3.81. The molecule has 0 aromatic heterocycles. The topological polar surface area (TPSA) is 97.5 Å².